The largest absolute Gasteiger partial charge is 0.480 e. The molecule has 0 unspecified atom stereocenters. The average molecular weight is 153 g/mol. The molecule has 1 aliphatic rings. The van der Waals surface area contributed by atoms with Crippen LogP contribution in [-0.4, -0.2) is 17.1 Å². The molecule has 1 saturated carbocycles. The van der Waals surface area contributed by atoms with E-state index in [-0.39, 0.29) is 6.42 Å². The highest BCUT2D eigenvalue weighted by Crippen LogP contribution is 2.27. The Hall–Kier alpha value is -1.01. The molecule has 0 heterocycles. The summed E-state index contributed by atoms with van der Waals surface area (Å²) in [5.74, 6) is 5.27. The first-order valence-corrected chi connectivity index (χ1v) is 3.67. The second-order valence-corrected chi connectivity index (χ2v) is 2.74. The van der Waals surface area contributed by atoms with Gasteiger partial charge in [-0.25, -0.2) is 0 Å². The fraction of sp³-hybridized carbons (Fsp3) is 0.625. The van der Waals surface area contributed by atoms with Crippen LogP contribution in [-0.2, 0) is 4.79 Å². The Labute approximate surface area is 65.6 Å². The van der Waals surface area contributed by atoms with Crippen molar-refractivity contribution in [2.75, 3.05) is 0 Å². The molecule has 0 aromatic heterocycles. The van der Waals surface area contributed by atoms with E-state index in [0.717, 1.165) is 12.8 Å². The SMILES string of the molecule is N[C@@H](CC#CC1CC1)C(=O)O. The molecule has 1 aliphatic carbocycles. The van der Waals surface area contributed by atoms with E-state index >= 15 is 0 Å². The fourth-order valence-electron chi connectivity index (χ4n) is 0.628. The third-order valence-corrected chi connectivity index (χ3v) is 1.52. The van der Waals surface area contributed by atoms with E-state index < -0.39 is 12.0 Å². The predicted octanol–water partition coefficient (Wildman–Crippen LogP) is 0.202. The lowest BCUT2D eigenvalue weighted by molar-refractivity contribution is -0.138. The van der Waals surface area contributed by atoms with E-state index in [0.29, 0.717) is 5.92 Å². The standard InChI is InChI=1S/C8H11NO2/c9-7(8(10)11)3-1-2-6-4-5-6/h6-7H,3-5,9H2,(H,10,11)/t7-/m0/s1. The Morgan fingerprint density at radius 1 is 1.73 bits per heavy atom. The maximum absolute atomic E-state index is 10.2. The van der Waals surface area contributed by atoms with E-state index in [1.54, 1.807) is 0 Å². The van der Waals surface area contributed by atoms with Gasteiger partial charge in [0.15, 0.2) is 0 Å². The van der Waals surface area contributed by atoms with Crippen LogP contribution in [0.3, 0.4) is 0 Å². The van der Waals surface area contributed by atoms with Crippen LogP contribution in [0.25, 0.3) is 0 Å². The minimum Gasteiger partial charge on any atom is -0.480 e. The molecule has 0 aromatic rings. The van der Waals surface area contributed by atoms with Gasteiger partial charge in [0.05, 0.1) is 0 Å². The molecule has 0 amide bonds. The number of hydrogen-bond acceptors (Lipinski definition) is 2. The summed E-state index contributed by atoms with van der Waals surface area (Å²) in [7, 11) is 0. The third kappa shape index (κ3) is 3.06. The highest BCUT2D eigenvalue weighted by atomic mass is 16.4. The minimum absolute atomic E-state index is 0.270. The first-order valence-electron chi connectivity index (χ1n) is 3.67. The molecule has 0 bridgehead atoms. The molecule has 1 atom stereocenters. The lowest BCUT2D eigenvalue weighted by atomic mass is 10.2. The van der Waals surface area contributed by atoms with Crippen molar-refractivity contribution in [1.82, 2.24) is 0 Å². The van der Waals surface area contributed by atoms with Gasteiger partial charge < -0.3 is 10.8 Å². The van der Waals surface area contributed by atoms with Gasteiger partial charge in [0.2, 0.25) is 0 Å². The molecule has 1 fully saturated rings. The van der Waals surface area contributed by atoms with Gasteiger partial charge in [0, 0.05) is 12.3 Å². The summed E-state index contributed by atoms with van der Waals surface area (Å²) in [6.45, 7) is 0. The monoisotopic (exact) mass is 153 g/mol. The number of carbonyl (C=O) groups is 1. The van der Waals surface area contributed by atoms with E-state index in [9.17, 15) is 4.79 Å². The number of carboxylic acid groups (broad SMARTS) is 1. The van der Waals surface area contributed by atoms with Gasteiger partial charge in [-0.05, 0) is 12.8 Å². The summed E-state index contributed by atoms with van der Waals surface area (Å²) in [6, 6.07) is -0.818. The van der Waals surface area contributed by atoms with Gasteiger partial charge >= 0.3 is 5.97 Å². The highest BCUT2D eigenvalue weighted by molar-refractivity contribution is 5.73. The molecule has 3 nitrogen and oxygen atoms in total. The Morgan fingerprint density at radius 2 is 2.36 bits per heavy atom. The summed E-state index contributed by atoms with van der Waals surface area (Å²) in [4.78, 5) is 10.2. The van der Waals surface area contributed by atoms with Crippen molar-refractivity contribution in [1.29, 1.82) is 0 Å². The zero-order valence-electron chi connectivity index (χ0n) is 6.21. The Morgan fingerprint density at radius 3 is 2.82 bits per heavy atom. The van der Waals surface area contributed by atoms with Crippen LogP contribution < -0.4 is 5.73 Å². The van der Waals surface area contributed by atoms with Gasteiger partial charge in [0.25, 0.3) is 0 Å². The van der Waals surface area contributed by atoms with E-state index in [4.69, 9.17) is 10.8 Å². The quantitative estimate of drug-likeness (QED) is 0.557. The molecule has 0 radical (unpaired) electrons. The van der Waals surface area contributed by atoms with Crippen LogP contribution in [0, 0.1) is 17.8 Å². The third-order valence-electron chi connectivity index (χ3n) is 1.52. The number of rotatable bonds is 2. The zero-order chi connectivity index (χ0) is 8.27. The van der Waals surface area contributed by atoms with E-state index in [1.165, 1.54) is 0 Å². The molecule has 60 valence electrons. The lowest BCUT2D eigenvalue weighted by Crippen LogP contribution is -2.29. The van der Waals surface area contributed by atoms with Crippen molar-refractivity contribution < 1.29 is 9.90 Å². The smallest absolute Gasteiger partial charge is 0.321 e. The van der Waals surface area contributed by atoms with Crippen molar-refractivity contribution in [2.24, 2.45) is 11.7 Å². The molecule has 0 saturated heterocycles. The van der Waals surface area contributed by atoms with E-state index in [2.05, 4.69) is 11.8 Å². The Balaban J connectivity index is 2.20. The maximum atomic E-state index is 10.2. The number of carboxylic acids is 1. The van der Waals surface area contributed by atoms with Gasteiger partial charge in [-0.1, -0.05) is 5.92 Å². The summed E-state index contributed by atoms with van der Waals surface area (Å²) < 4.78 is 0. The van der Waals surface area contributed by atoms with Gasteiger partial charge in [-0.2, -0.15) is 0 Å². The number of aliphatic carboxylic acids is 1. The van der Waals surface area contributed by atoms with Crippen LogP contribution in [0.15, 0.2) is 0 Å². The van der Waals surface area contributed by atoms with Crippen molar-refractivity contribution in [2.45, 2.75) is 25.3 Å². The second kappa shape index (κ2) is 3.40. The molecule has 0 aromatic carbocycles. The highest BCUT2D eigenvalue weighted by Gasteiger charge is 2.18. The molecule has 3 heteroatoms. The second-order valence-electron chi connectivity index (χ2n) is 2.74. The van der Waals surface area contributed by atoms with Gasteiger partial charge in [0.1, 0.15) is 6.04 Å². The molecule has 1 rings (SSSR count). The van der Waals surface area contributed by atoms with Crippen molar-refractivity contribution in [3.8, 4) is 11.8 Å². The maximum Gasteiger partial charge on any atom is 0.321 e. The van der Waals surface area contributed by atoms with Crippen molar-refractivity contribution in [3.05, 3.63) is 0 Å². The van der Waals surface area contributed by atoms with Gasteiger partial charge in [-0.3, -0.25) is 4.79 Å². The van der Waals surface area contributed by atoms with Crippen LogP contribution in [0.4, 0.5) is 0 Å². The molecular weight excluding hydrogens is 142 g/mol. The summed E-state index contributed by atoms with van der Waals surface area (Å²) in [5, 5.41) is 8.37. The molecule has 0 spiro atoms. The molecule has 3 N–H and O–H groups in total. The summed E-state index contributed by atoms with van der Waals surface area (Å²) >= 11 is 0. The van der Waals surface area contributed by atoms with Crippen LogP contribution in [0.5, 0.6) is 0 Å². The zero-order valence-corrected chi connectivity index (χ0v) is 6.21. The van der Waals surface area contributed by atoms with Crippen molar-refractivity contribution >= 4 is 5.97 Å². The predicted molar refractivity (Wildman–Crippen MR) is 40.7 cm³/mol. The van der Waals surface area contributed by atoms with Crippen LogP contribution >= 0.6 is 0 Å². The molecule has 0 aliphatic heterocycles. The summed E-state index contributed by atoms with van der Waals surface area (Å²) in [6.07, 6.45) is 2.59. The summed E-state index contributed by atoms with van der Waals surface area (Å²) in [5.41, 5.74) is 5.22. The van der Waals surface area contributed by atoms with Crippen LogP contribution in [0.1, 0.15) is 19.3 Å². The topological polar surface area (TPSA) is 63.3 Å². The van der Waals surface area contributed by atoms with Gasteiger partial charge in [-0.15, -0.1) is 5.92 Å². The first kappa shape index (κ1) is 8.09. The average Bonchev–Trinajstić information content (AvgIpc) is 2.71. The minimum atomic E-state index is -0.977. The molecular formula is C8H11NO2. The van der Waals surface area contributed by atoms with Crippen LogP contribution in [0.2, 0.25) is 0 Å². The number of hydrogen-bond donors (Lipinski definition) is 2. The Bertz CT molecular complexity index is 210. The normalized spacial score (nSPS) is 18.3. The van der Waals surface area contributed by atoms with E-state index in [1.807, 2.05) is 0 Å². The first-order chi connectivity index (χ1) is 5.20. The Kier molecular flexibility index (Phi) is 2.50. The van der Waals surface area contributed by atoms with Crippen molar-refractivity contribution in [3.63, 3.8) is 0 Å². The molecule has 11 heavy (non-hydrogen) atoms. The fourth-order valence-corrected chi connectivity index (χ4v) is 0.628. The number of nitrogens with two attached hydrogens (primary N) is 1. The lowest BCUT2D eigenvalue weighted by Gasteiger charge is -1.97.